The van der Waals surface area contributed by atoms with Crippen molar-refractivity contribution in [2.24, 2.45) is 0 Å². The first-order valence-electron chi connectivity index (χ1n) is 15.5. The molecule has 0 aliphatic carbocycles. The summed E-state index contributed by atoms with van der Waals surface area (Å²) in [6.45, 7) is 26.9. The number of fused-ring (bicyclic) bond motifs is 1. The topological polar surface area (TPSA) is 0 Å². The molecule has 0 bridgehead atoms. The van der Waals surface area contributed by atoms with E-state index in [4.69, 9.17) is 0 Å². The van der Waals surface area contributed by atoms with Gasteiger partial charge in [0, 0.05) is 0 Å². The highest BCUT2D eigenvalue weighted by atomic mass is 14.1. The van der Waals surface area contributed by atoms with Crippen molar-refractivity contribution in [1.29, 1.82) is 0 Å². The van der Waals surface area contributed by atoms with Gasteiger partial charge in [-0.3, -0.25) is 0 Å². The lowest BCUT2D eigenvalue weighted by Gasteiger charge is -2.15. The predicted molar refractivity (Wildman–Crippen MR) is 181 cm³/mol. The molecule has 40 heavy (non-hydrogen) atoms. The van der Waals surface area contributed by atoms with E-state index in [0.717, 1.165) is 0 Å². The minimum atomic E-state index is 0.589. The number of hydrogen-bond acceptors (Lipinski definition) is 0. The van der Waals surface area contributed by atoms with Crippen molar-refractivity contribution < 1.29 is 0 Å². The van der Waals surface area contributed by atoms with Gasteiger partial charge < -0.3 is 0 Å². The van der Waals surface area contributed by atoms with Crippen LogP contribution >= 0.6 is 0 Å². The van der Waals surface area contributed by atoms with Gasteiger partial charge in [-0.25, -0.2) is 0 Å². The summed E-state index contributed by atoms with van der Waals surface area (Å²) in [5, 5.41) is 2.84. The van der Waals surface area contributed by atoms with Gasteiger partial charge in [-0.1, -0.05) is 168 Å². The molecule has 0 unspecified atom stereocenters. The van der Waals surface area contributed by atoms with E-state index in [1.807, 2.05) is 0 Å². The molecule has 0 aliphatic heterocycles. The van der Waals surface area contributed by atoms with Gasteiger partial charge in [0.15, 0.2) is 0 Å². The van der Waals surface area contributed by atoms with Crippen LogP contribution in [0.3, 0.4) is 0 Å². The predicted octanol–water partition coefficient (Wildman–Crippen LogP) is 13.0. The Morgan fingerprint density at radius 3 is 0.900 bits per heavy atom. The normalized spacial score (nSPS) is 11.3. The average molecular weight is 537 g/mol. The van der Waals surface area contributed by atoms with E-state index in [1.165, 1.54) is 44.2 Å². The number of rotatable bonds is 6. The van der Waals surface area contributed by atoms with Crippen molar-refractivity contribution in [2.75, 3.05) is 0 Å². The number of benzene rings is 4. The lowest BCUT2D eigenvalue weighted by Crippen LogP contribution is -1.95. The van der Waals surface area contributed by atoms with Crippen LogP contribution in [0.5, 0.6) is 0 Å². The molecule has 216 valence electrons. The van der Waals surface area contributed by atoms with Crippen LogP contribution in [0.4, 0.5) is 0 Å². The van der Waals surface area contributed by atoms with Crippen molar-refractivity contribution >= 4 is 10.8 Å². The summed E-state index contributed by atoms with van der Waals surface area (Å²) in [7, 11) is 0. The Hall–Kier alpha value is -2.86. The van der Waals surface area contributed by atoms with Crippen LogP contribution in [-0.2, 0) is 0 Å². The van der Waals surface area contributed by atoms with Crippen LogP contribution in [-0.4, -0.2) is 0 Å². The second-order valence-electron chi connectivity index (χ2n) is 13.1. The van der Waals surface area contributed by atoms with Crippen LogP contribution in [0.1, 0.15) is 152 Å². The van der Waals surface area contributed by atoms with Gasteiger partial charge in [-0.15, -0.1) is 0 Å². The standard InChI is InChI=1S/C16H20.2C12H18/c1-11(2)13-9-10-14(12(3)4)16-8-6-5-7-15(13)16;1-9(2)11-5-7-12(8-6-11)10(3)4;1-9(2)11-6-5-7-12(8-11)10(3)4/h5-12H,1-4H3;2*5-10H,1-4H3. The second kappa shape index (κ2) is 15.8. The van der Waals surface area contributed by atoms with E-state index < -0.39 is 0 Å². The maximum atomic E-state index is 2.31. The van der Waals surface area contributed by atoms with Gasteiger partial charge in [-0.05, 0) is 79.7 Å². The molecule has 0 heterocycles. The molecule has 0 N–H and O–H groups in total. The highest BCUT2D eigenvalue weighted by molar-refractivity contribution is 5.89. The van der Waals surface area contributed by atoms with E-state index in [1.54, 1.807) is 0 Å². The van der Waals surface area contributed by atoms with Crippen LogP contribution in [0, 0.1) is 0 Å². The molecule has 0 spiro atoms. The fourth-order valence-corrected chi connectivity index (χ4v) is 4.90. The summed E-state index contributed by atoms with van der Waals surface area (Å²) in [6, 6.07) is 31.2. The molecule has 0 saturated carbocycles. The van der Waals surface area contributed by atoms with Crippen LogP contribution in [0.2, 0.25) is 0 Å². The fourth-order valence-electron chi connectivity index (χ4n) is 4.90. The molecule has 0 nitrogen and oxygen atoms in total. The molecule has 0 amide bonds. The molecular formula is C40H56. The zero-order chi connectivity index (χ0) is 30.0. The first-order chi connectivity index (χ1) is 18.8. The molecular weight excluding hydrogens is 480 g/mol. The summed E-state index contributed by atoms with van der Waals surface area (Å²) < 4.78 is 0. The Morgan fingerprint density at radius 2 is 0.625 bits per heavy atom. The molecule has 0 saturated heterocycles. The molecule has 4 aromatic carbocycles. The van der Waals surface area contributed by atoms with Crippen LogP contribution in [0.25, 0.3) is 10.8 Å². The van der Waals surface area contributed by atoms with E-state index in [-0.39, 0.29) is 0 Å². The summed E-state index contributed by atoms with van der Waals surface area (Å²) in [5.74, 6) is 3.75. The molecule has 0 fully saturated rings. The first kappa shape index (κ1) is 33.3. The molecule has 4 aromatic rings. The Labute approximate surface area is 247 Å². The molecule has 0 atom stereocenters. The Bertz CT molecular complexity index is 1190. The third-order valence-corrected chi connectivity index (χ3v) is 7.75. The van der Waals surface area contributed by atoms with Crippen molar-refractivity contribution in [2.45, 2.75) is 119 Å². The highest BCUT2D eigenvalue weighted by Crippen LogP contribution is 2.31. The number of hydrogen-bond donors (Lipinski definition) is 0. The van der Waals surface area contributed by atoms with Crippen molar-refractivity contribution in [3.8, 4) is 0 Å². The fraction of sp³-hybridized carbons (Fsp3) is 0.450. The summed E-state index contributed by atoms with van der Waals surface area (Å²) in [5.41, 5.74) is 8.67. The van der Waals surface area contributed by atoms with Crippen molar-refractivity contribution in [1.82, 2.24) is 0 Å². The quantitative estimate of drug-likeness (QED) is 0.230. The van der Waals surface area contributed by atoms with Gasteiger partial charge in [0.2, 0.25) is 0 Å². The maximum Gasteiger partial charge on any atom is -0.0146 e. The van der Waals surface area contributed by atoms with Crippen molar-refractivity contribution in [3.05, 3.63) is 118 Å². The Kier molecular flexibility index (Phi) is 13.2. The van der Waals surface area contributed by atoms with Gasteiger partial charge >= 0.3 is 0 Å². The molecule has 4 rings (SSSR count). The molecule has 0 aromatic heterocycles. The van der Waals surface area contributed by atoms with Gasteiger partial charge in [-0.2, -0.15) is 0 Å². The summed E-state index contributed by atoms with van der Waals surface area (Å²) in [6.07, 6.45) is 0. The zero-order valence-corrected chi connectivity index (χ0v) is 27.5. The summed E-state index contributed by atoms with van der Waals surface area (Å²) in [4.78, 5) is 0. The lowest BCUT2D eigenvalue weighted by atomic mass is 9.89. The largest absolute Gasteiger partial charge is 0.0617 e. The van der Waals surface area contributed by atoms with E-state index in [0.29, 0.717) is 35.5 Å². The second-order valence-corrected chi connectivity index (χ2v) is 13.1. The Balaban J connectivity index is 0.000000214. The Morgan fingerprint density at radius 1 is 0.300 bits per heavy atom. The van der Waals surface area contributed by atoms with Gasteiger partial charge in [0.1, 0.15) is 0 Å². The molecule has 0 heteroatoms. The first-order valence-corrected chi connectivity index (χ1v) is 15.5. The van der Waals surface area contributed by atoms with Gasteiger partial charge in [0.05, 0.1) is 0 Å². The zero-order valence-electron chi connectivity index (χ0n) is 27.5. The monoisotopic (exact) mass is 536 g/mol. The minimum Gasteiger partial charge on any atom is -0.0617 e. The lowest BCUT2D eigenvalue weighted by molar-refractivity contribution is 0.834. The third-order valence-electron chi connectivity index (χ3n) is 7.75. The molecule has 0 radical (unpaired) electrons. The van der Waals surface area contributed by atoms with Crippen molar-refractivity contribution in [3.63, 3.8) is 0 Å². The third kappa shape index (κ3) is 9.65. The molecule has 0 aliphatic rings. The SMILES string of the molecule is CC(C)c1ccc(C(C)C)c2ccccc12.CC(C)c1ccc(C(C)C)cc1.CC(C)c1cccc(C(C)C)c1. The van der Waals surface area contributed by atoms with Crippen LogP contribution in [0.15, 0.2) is 84.9 Å². The van der Waals surface area contributed by atoms with Crippen LogP contribution < -0.4 is 0 Å². The van der Waals surface area contributed by atoms with E-state index in [2.05, 4.69) is 168 Å². The van der Waals surface area contributed by atoms with E-state index >= 15 is 0 Å². The maximum absolute atomic E-state index is 2.31. The summed E-state index contributed by atoms with van der Waals surface area (Å²) >= 11 is 0. The minimum absolute atomic E-state index is 0.589. The average Bonchev–Trinajstić information content (AvgIpc) is 2.93. The smallest absolute Gasteiger partial charge is 0.0146 e. The van der Waals surface area contributed by atoms with Gasteiger partial charge in [0.25, 0.3) is 0 Å². The van der Waals surface area contributed by atoms with E-state index in [9.17, 15) is 0 Å². The highest BCUT2D eigenvalue weighted by Gasteiger charge is 2.10.